The van der Waals surface area contributed by atoms with Crippen LogP contribution in [-0.4, -0.2) is 42.0 Å². The van der Waals surface area contributed by atoms with Gasteiger partial charge >= 0.3 is 6.03 Å². The predicted octanol–water partition coefficient (Wildman–Crippen LogP) is 4.10. The maximum Gasteiger partial charge on any atom is 0.321 e. The number of hydrogen-bond acceptors (Lipinski definition) is 4. The van der Waals surface area contributed by atoms with Gasteiger partial charge < -0.3 is 15.1 Å². The van der Waals surface area contributed by atoms with Gasteiger partial charge in [-0.3, -0.25) is 10.1 Å². The van der Waals surface area contributed by atoms with Crippen LogP contribution in [0.1, 0.15) is 0 Å². The second kappa shape index (κ2) is 7.56. The Bertz CT molecular complexity index is 1010. The number of fused-ring (bicyclic) bond motifs is 1. The Morgan fingerprint density at radius 3 is 2.29 bits per heavy atom. The molecule has 1 fully saturated rings. The number of non-ortho nitro benzene ring substituents is 1. The van der Waals surface area contributed by atoms with Crippen molar-refractivity contribution in [1.29, 1.82) is 0 Å². The molecule has 142 valence electrons. The summed E-state index contributed by atoms with van der Waals surface area (Å²) in [6.45, 7) is 2.54. The highest BCUT2D eigenvalue weighted by Crippen LogP contribution is 2.24. The van der Waals surface area contributed by atoms with Crippen LogP contribution >= 0.6 is 0 Å². The van der Waals surface area contributed by atoms with Crippen LogP contribution in [0.3, 0.4) is 0 Å². The van der Waals surface area contributed by atoms with Crippen LogP contribution in [0.5, 0.6) is 0 Å². The van der Waals surface area contributed by atoms with E-state index in [0.29, 0.717) is 26.2 Å². The van der Waals surface area contributed by atoms with Crippen LogP contribution in [0.4, 0.5) is 21.9 Å². The number of nitrogens with zero attached hydrogens (tertiary/aromatic N) is 3. The van der Waals surface area contributed by atoms with Crippen LogP contribution in [0.2, 0.25) is 0 Å². The van der Waals surface area contributed by atoms with Gasteiger partial charge in [-0.05, 0) is 23.6 Å². The van der Waals surface area contributed by atoms with Crippen molar-refractivity contribution < 1.29 is 9.72 Å². The van der Waals surface area contributed by atoms with Gasteiger partial charge in [0.25, 0.3) is 5.69 Å². The average molecular weight is 376 g/mol. The van der Waals surface area contributed by atoms with Gasteiger partial charge in [0.15, 0.2) is 0 Å². The van der Waals surface area contributed by atoms with Gasteiger partial charge in [0.1, 0.15) is 0 Å². The molecule has 4 rings (SSSR count). The molecule has 3 aromatic carbocycles. The van der Waals surface area contributed by atoms with E-state index in [4.69, 9.17) is 0 Å². The van der Waals surface area contributed by atoms with E-state index >= 15 is 0 Å². The number of rotatable bonds is 3. The van der Waals surface area contributed by atoms with Crippen LogP contribution in [0.15, 0.2) is 66.7 Å². The molecule has 3 aromatic rings. The summed E-state index contributed by atoms with van der Waals surface area (Å²) >= 11 is 0. The Morgan fingerprint density at radius 1 is 0.893 bits per heavy atom. The summed E-state index contributed by atoms with van der Waals surface area (Å²) < 4.78 is 0. The zero-order valence-corrected chi connectivity index (χ0v) is 15.2. The number of benzene rings is 3. The molecule has 1 saturated heterocycles. The summed E-state index contributed by atoms with van der Waals surface area (Å²) in [6, 6.07) is 20.2. The first-order valence-corrected chi connectivity index (χ1v) is 9.15. The summed E-state index contributed by atoms with van der Waals surface area (Å²) in [5.74, 6) is 0. The van der Waals surface area contributed by atoms with Gasteiger partial charge in [-0.2, -0.15) is 0 Å². The molecule has 0 atom stereocenters. The van der Waals surface area contributed by atoms with E-state index in [9.17, 15) is 14.9 Å². The molecule has 0 bridgehead atoms. The van der Waals surface area contributed by atoms with Gasteiger partial charge in [-0.1, -0.05) is 36.4 Å². The summed E-state index contributed by atoms with van der Waals surface area (Å²) in [6.07, 6.45) is 0. The lowest BCUT2D eigenvalue weighted by molar-refractivity contribution is -0.384. The number of anilines is 2. The van der Waals surface area contributed by atoms with Gasteiger partial charge in [0.05, 0.1) is 10.6 Å². The fourth-order valence-electron chi connectivity index (χ4n) is 3.48. The summed E-state index contributed by atoms with van der Waals surface area (Å²) in [4.78, 5) is 27.0. The first kappa shape index (κ1) is 17.8. The molecule has 7 nitrogen and oxygen atoms in total. The monoisotopic (exact) mass is 376 g/mol. The number of hydrogen-bond donors (Lipinski definition) is 1. The van der Waals surface area contributed by atoms with Crippen molar-refractivity contribution in [2.75, 3.05) is 36.4 Å². The molecule has 28 heavy (non-hydrogen) atoms. The SMILES string of the molecule is O=C(Nc1cccc2ccccc12)N1CCN(c2ccc([N+](=O)[O-])cc2)CC1. The molecule has 7 heteroatoms. The molecular formula is C21H20N4O3. The topological polar surface area (TPSA) is 78.7 Å². The zero-order chi connectivity index (χ0) is 19.5. The highest BCUT2D eigenvalue weighted by Gasteiger charge is 2.22. The van der Waals surface area contributed by atoms with E-state index < -0.39 is 4.92 Å². The summed E-state index contributed by atoms with van der Waals surface area (Å²) in [5, 5.41) is 15.9. The number of amides is 2. The van der Waals surface area contributed by atoms with Crippen LogP contribution < -0.4 is 10.2 Å². The first-order chi connectivity index (χ1) is 13.6. The molecular weight excluding hydrogens is 356 g/mol. The number of nitro groups is 1. The molecule has 1 aliphatic heterocycles. The minimum atomic E-state index is -0.403. The molecule has 1 N–H and O–H groups in total. The third-order valence-corrected chi connectivity index (χ3v) is 5.02. The van der Waals surface area contributed by atoms with E-state index in [0.717, 1.165) is 22.1 Å². The lowest BCUT2D eigenvalue weighted by Gasteiger charge is -2.36. The molecule has 1 heterocycles. The quantitative estimate of drug-likeness (QED) is 0.551. The Balaban J connectivity index is 1.39. The number of piperazine rings is 1. The maximum absolute atomic E-state index is 12.7. The summed E-state index contributed by atoms with van der Waals surface area (Å²) in [7, 11) is 0. The van der Waals surface area contributed by atoms with E-state index in [1.165, 1.54) is 12.1 Å². The lowest BCUT2D eigenvalue weighted by Crippen LogP contribution is -2.50. The molecule has 0 spiro atoms. The molecule has 0 aromatic heterocycles. The van der Waals surface area contributed by atoms with Crippen molar-refractivity contribution in [3.8, 4) is 0 Å². The first-order valence-electron chi connectivity index (χ1n) is 9.15. The van der Waals surface area contributed by atoms with E-state index in [-0.39, 0.29) is 11.7 Å². The molecule has 2 amide bonds. The number of urea groups is 1. The van der Waals surface area contributed by atoms with E-state index in [1.54, 1.807) is 17.0 Å². The largest absolute Gasteiger partial charge is 0.368 e. The minimum absolute atomic E-state index is 0.0804. The Labute approximate surface area is 162 Å². The predicted molar refractivity (Wildman–Crippen MR) is 110 cm³/mol. The van der Waals surface area contributed by atoms with Gasteiger partial charge in [0, 0.05) is 49.4 Å². The van der Waals surface area contributed by atoms with Crippen molar-refractivity contribution in [3.05, 3.63) is 76.8 Å². The van der Waals surface area contributed by atoms with Gasteiger partial charge in [0.2, 0.25) is 0 Å². The van der Waals surface area contributed by atoms with E-state index in [1.807, 2.05) is 42.5 Å². The van der Waals surface area contributed by atoms with Crippen molar-refractivity contribution in [3.63, 3.8) is 0 Å². The van der Waals surface area contributed by atoms with Crippen molar-refractivity contribution in [2.45, 2.75) is 0 Å². The van der Waals surface area contributed by atoms with Gasteiger partial charge in [-0.15, -0.1) is 0 Å². The smallest absolute Gasteiger partial charge is 0.321 e. The third-order valence-electron chi connectivity index (χ3n) is 5.02. The molecule has 1 aliphatic rings. The van der Waals surface area contributed by atoms with Crippen molar-refractivity contribution in [2.24, 2.45) is 0 Å². The number of nitrogens with one attached hydrogen (secondary N) is 1. The Hall–Kier alpha value is -3.61. The normalized spacial score (nSPS) is 14.1. The standard InChI is InChI=1S/C21H20N4O3/c26-21(22-20-7-3-5-16-4-1-2-6-19(16)20)24-14-12-23(13-15-24)17-8-10-18(11-9-17)25(27)28/h1-11H,12-15H2,(H,22,26). The third kappa shape index (κ3) is 3.59. The van der Waals surface area contributed by atoms with Crippen molar-refractivity contribution in [1.82, 2.24) is 4.90 Å². The highest BCUT2D eigenvalue weighted by molar-refractivity contribution is 6.01. The van der Waals surface area contributed by atoms with Gasteiger partial charge in [-0.25, -0.2) is 4.79 Å². The fraction of sp³-hybridized carbons (Fsp3) is 0.190. The number of carbonyl (C=O) groups excluding carboxylic acids is 1. The fourth-order valence-corrected chi connectivity index (χ4v) is 3.48. The molecule has 0 unspecified atom stereocenters. The molecule has 0 aliphatic carbocycles. The van der Waals surface area contributed by atoms with Crippen LogP contribution in [-0.2, 0) is 0 Å². The Kier molecular flexibility index (Phi) is 4.80. The second-order valence-electron chi connectivity index (χ2n) is 6.70. The maximum atomic E-state index is 12.7. The van der Waals surface area contributed by atoms with Crippen LogP contribution in [0.25, 0.3) is 10.8 Å². The lowest BCUT2D eigenvalue weighted by atomic mass is 10.1. The number of nitro benzene ring substituents is 1. The highest BCUT2D eigenvalue weighted by atomic mass is 16.6. The van der Waals surface area contributed by atoms with Crippen LogP contribution in [0, 0.1) is 10.1 Å². The second-order valence-corrected chi connectivity index (χ2v) is 6.70. The Morgan fingerprint density at radius 2 is 1.57 bits per heavy atom. The zero-order valence-electron chi connectivity index (χ0n) is 15.2. The van der Waals surface area contributed by atoms with E-state index in [2.05, 4.69) is 10.2 Å². The van der Waals surface area contributed by atoms with Crippen molar-refractivity contribution >= 4 is 33.9 Å². The minimum Gasteiger partial charge on any atom is -0.368 e. The average Bonchev–Trinajstić information content (AvgIpc) is 2.74. The molecule has 0 saturated carbocycles. The molecule has 0 radical (unpaired) electrons. The summed E-state index contributed by atoms with van der Waals surface area (Å²) in [5.41, 5.74) is 1.82. The number of carbonyl (C=O) groups is 1.